The van der Waals surface area contributed by atoms with Gasteiger partial charge in [-0.1, -0.05) is 57.2 Å². The Bertz CT molecular complexity index is 938. The zero-order valence-electron chi connectivity index (χ0n) is 19.5. The van der Waals surface area contributed by atoms with Crippen LogP contribution in [0, 0.1) is 0 Å². The second kappa shape index (κ2) is 14.0. The van der Waals surface area contributed by atoms with Crippen LogP contribution in [0.2, 0.25) is 0 Å². The molecule has 0 aliphatic heterocycles. The number of hydrogen-bond acceptors (Lipinski definition) is 8. The summed E-state index contributed by atoms with van der Waals surface area (Å²) in [6.45, 7) is 7.59. The molecule has 0 amide bonds. The monoisotopic (exact) mass is 468 g/mol. The van der Waals surface area contributed by atoms with E-state index in [2.05, 4.69) is 42.2 Å². The molecule has 1 aromatic carbocycles. The molecule has 2 N–H and O–H groups in total. The van der Waals surface area contributed by atoms with Crippen molar-refractivity contribution in [2.24, 2.45) is 0 Å². The van der Waals surface area contributed by atoms with Crippen LogP contribution in [0.15, 0.2) is 61.0 Å². The maximum absolute atomic E-state index is 11.9. The van der Waals surface area contributed by atoms with Crippen LogP contribution in [0.3, 0.4) is 0 Å². The summed E-state index contributed by atoms with van der Waals surface area (Å²) in [6, 6.07) is 8.26. The number of aliphatic hydroxyl groups is 2. The molecule has 0 aliphatic carbocycles. The lowest BCUT2D eigenvalue weighted by Gasteiger charge is -2.17. The summed E-state index contributed by atoms with van der Waals surface area (Å²) in [5, 5.41) is 18.1. The summed E-state index contributed by atoms with van der Waals surface area (Å²) in [4.78, 5) is 32.5. The summed E-state index contributed by atoms with van der Waals surface area (Å²) in [6.07, 6.45) is 7.93. The lowest BCUT2D eigenvalue weighted by molar-refractivity contribution is -0.143. The van der Waals surface area contributed by atoms with E-state index >= 15 is 0 Å². The largest absolute Gasteiger partial charge is 0.461 e. The second-order valence-electron chi connectivity index (χ2n) is 7.90. The molecule has 0 fully saturated rings. The Morgan fingerprint density at radius 2 is 1.41 bits per heavy atom. The molecule has 2 aromatic rings. The number of unbranched alkanes of at least 4 members (excludes halogenated alkanes) is 2. The maximum Gasteiger partial charge on any atom is 0.335 e. The molecule has 0 saturated carbocycles. The van der Waals surface area contributed by atoms with Gasteiger partial charge in [0.1, 0.15) is 19.0 Å². The third-order valence-electron chi connectivity index (χ3n) is 5.18. The van der Waals surface area contributed by atoms with Crippen LogP contribution in [0.4, 0.5) is 0 Å². The van der Waals surface area contributed by atoms with Crippen LogP contribution in [-0.4, -0.2) is 58.5 Å². The first-order valence-electron chi connectivity index (χ1n) is 11.2. The second-order valence-corrected chi connectivity index (χ2v) is 7.90. The Hall–Kier alpha value is -3.36. The van der Waals surface area contributed by atoms with Crippen molar-refractivity contribution in [2.45, 2.75) is 38.5 Å². The van der Waals surface area contributed by atoms with Gasteiger partial charge in [-0.2, -0.15) is 0 Å². The highest BCUT2D eigenvalue weighted by atomic mass is 16.5. The van der Waals surface area contributed by atoms with E-state index in [1.165, 1.54) is 24.8 Å². The summed E-state index contributed by atoms with van der Waals surface area (Å²) >= 11 is 0. The minimum absolute atomic E-state index is 0.0983. The predicted octanol–water partition coefficient (Wildman–Crippen LogP) is 3.14. The topological polar surface area (TPSA) is 119 Å². The predicted molar refractivity (Wildman–Crippen MR) is 128 cm³/mol. The summed E-state index contributed by atoms with van der Waals surface area (Å²) in [5.74, 6) is -1.89. The number of rotatable bonds is 14. The Balaban J connectivity index is 2.11. The van der Waals surface area contributed by atoms with Crippen LogP contribution >= 0.6 is 0 Å². The Labute approximate surface area is 200 Å². The maximum atomic E-state index is 11.9. The molecule has 34 heavy (non-hydrogen) atoms. The first-order valence-corrected chi connectivity index (χ1v) is 11.2. The van der Waals surface area contributed by atoms with Gasteiger partial charge in [0.25, 0.3) is 0 Å². The van der Waals surface area contributed by atoms with E-state index in [-0.39, 0.29) is 24.4 Å². The van der Waals surface area contributed by atoms with Crippen molar-refractivity contribution in [1.29, 1.82) is 0 Å². The van der Waals surface area contributed by atoms with Crippen LogP contribution in [0.25, 0.3) is 11.1 Å². The number of aryl methyl sites for hydroxylation is 1. The van der Waals surface area contributed by atoms with E-state index in [0.717, 1.165) is 17.5 Å². The van der Waals surface area contributed by atoms with E-state index in [1.54, 1.807) is 12.4 Å². The Kier molecular flexibility index (Phi) is 11.1. The molecule has 1 aromatic heterocycles. The van der Waals surface area contributed by atoms with E-state index in [4.69, 9.17) is 19.7 Å². The van der Waals surface area contributed by atoms with E-state index in [0.29, 0.717) is 5.82 Å². The molecule has 0 unspecified atom stereocenters. The smallest absolute Gasteiger partial charge is 0.335 e. The number of benzene rings is 1. The van der Waals surface area contributed by atoms with Gasteiger partial charge in [-0.05, 0) is 24.0 Å². The zero-order chi connectivity index (χ0) is 24.9. The number of aromatic nitrogens is 2. The molecule has 0 saturated heterocycles. The number of hydrogen-bond donors (Lipinski definition) is 2. The number of aliphatic hydroxyl groups excluding tert-OH is 2. The van der Waals surface area contributed by atoms with Gasteiger partial charge in [-0.3, -0.25) is 0 Å². The van der Waals surface area contributed by atoms with E-state index in [1.807, 2.05) is 12.1 Å². The minimum Gasteiger partial charge on any atom is -0.461 e. The Morgan fingerprint density at radius 3 is 1.88 bits per heavy atom. The minimum atomic E-state index is -0.769. The molecule has 2 rings (SSSR count). The van der Waals surface area contributed by atoms with Crippen LogP contribution in [0.5, 0.6) is 0 Å². The molecule has 8 nitrogen and oxygen atoms in total. The average Bonchev–Trinajstić information content (AvgIpc) is 2.88. The molecule has 0 atom stereocenters. The van der Waals surface area contributed by atoms with Gasteiger partial charge in [0.2, 0.25) is 0 Å². The van der Waals surface area contributed by atoms with Crippen LogP contribution in [0.1, 0.15) is 43.5 Å². The normalized spacial score (nSPS) is 10.7. The number of carbonyl (C=O) groups is 2. The molecule has 0 spiro atoms. The van der Waals surface area contributed by atoms with Crippen molar-refractivity contribution < 1.29 is 29.3 Å². The standard InChI is InChI=1S/C26H32N2O6/c1-4-5-6-7-20-8-10-21(11-9-20)22-12-27-24(28-13-22)23(16-33-25(31)18(2)14-29)17-34-26(32)19(3)15-30/h8-13,23,29-30H,2-7,14-17H2,1H3. The van der Waals surface area contributed by atoms with Gasteiger partial charge < -0.3 is 19.7 Å². The van der Waals surface area contributed by atoms with Crippen molar-refractivity contribution >= 4 is 11.9 Å². The van der Waals surface area contributed by atoms with Crippen molar-refractivity contribution in [1.82, 2.24) is 9.97 Å². The van der Waals surface area contributed by atoms with Gasteiger partial charge in [-0.15, -0.1) is 0 Å². The van der Waals surface area contributed by atoms with Gasteiger partial charge in [-0.25, -0.2) is 19.6 Å². The third-order valence-corrected chi connectivity index (χ3v) is 5.18. The fraction of sp³-hybridized carbons (Fsp3) is 0.385. The molecule has 0 aliphatic rings. The van der Waals surface area contributed by atoms with Gasteiger partial charge in [0.15, 0.2) is 0 Å². The van der Waals surface area contributed by atoms with Crippen molar-refractivity contribution in [3.05, 3.63) is 72.4 Å². The highest BCUT2D eigenvalue weighted by Crippen LogP contribution is 2.21. The Morgan fingerprint density at radius 1 is 0.882 bits per heavy atom. The summed E-state index contributed by atoms with van der Waals surface area (Å²) in [7, 11) is 0. The molecule has 1 heterocycles. The summed E-state index contributed by atoms with van der Waals surface area (Å²) < 4.78 is 10.3. The fourth-order valence-electron chi connectivity index (χ4n) is 3.02. The molecule has 0 radical (unpaired) electrons. The SMILES string of the molecule is C=C(CO)C(=O)OCC(COC(=O)C(=C)CO)c1ncc(-c2ccc(CCCCC)cc2)cn1. The lowest BCUT2D eigenvalue weighted by Crippen LogP contribution is -2.23. The number of esters is 2. The highest BCUT2D eigenvalue weighted by Gasteiger charge is 2.21. The average molecular weight is 469 g/mol. The van der Waals surface area contributed by atoms with Crippen molar-refractivity contribution in [3.63, 3.8) is 0 Å². The van der Waals surface area contributed by atoms with Gasteiger partial charge in [0.05, 0.1) is 30.3 Å². The number of carbonyl (C=O) groups excluding carboxylic acids is 2. The third kappa shape index (κ3) is 8.20. The fourth-order valence-corrected chi connectivity index (χ4v) is 3.02. The first kappa shape index (κ1) is 26.9. The van der Waals surface area contributed by atoms with Crippen molar-refractivity contribution in [2.75, 3.05) is 26.4 Å². The molecular weight excluding hydrogens is 436 g/mol. The number of nitrogens with zero attached hydrogens (tertiary/aromatic N) is 2. The van der Waals surface area contributed by atoms with E-state index in [9.17, 15) is 9.59 Å². The van der Waals surface area contributed by atoms with Crippen molar-refractivity contribution in [3.8, 4) is 11.1 Å². The zero-order valence-corrected chi connectivity index (χ0v) is 19.5. The van der Waals surface area contributed by atoms with Crippen LogP contribution in [-0.2, 0) is 25.5 Å². The molecule has 0 bridgehead atoms. The molecule has 8 heteroatoms. The van der Waals surface area contributed by atoms with E-state index < -0.39 is 31.1 Å². The van der Waals surface area contributed by atoms with Gasteiger partial charge in [0, 0.05) is 18.0 Å². The molecular formula is C26H32N2O6. The quantitative estimate of drug-likeness (QED) is 0.247. The summed E-state index contributed by atoms with van der Waals surface area (Å²) in [5.41, 5.74) is 2.88. The van der Waals surface area contributed by atoms with Gasteiger partial charge >= 0.3 is 11.9 Å². The number of ether oxygens (including phenoxy) is 2. The highest BCUT2D eigenvalue weighted by molar-refractivity contribution is 5.88. The van der Waals surface area contributed by atoms with Crippen LogP contribution < -0.4 is 0 Å². The lowest BCUT2D eigenvalue weighted by atomic mass is 10.0. The first-order chi connectivity index (χ1) is 16.4. The molecule has 182 valence electrons.